The first-order valence-corrected chi connectivity index (χ1v) is 8.88. The lowest BCUT2D eigenvalue weighted by atomic mass is 9.91. The van der Waals surface area contributed by atoms with E-state index in [1.165, 1.54) is 14.2 Å². The summed E-state index contributed by atoms with van der Waals surface area (Å²) in [6, 6.07) is 9.86. The number of benzene rings is 1. The molecule has 1 aromatic rings. The highest BCUT2D eigenvalue weighted by Gasteiger charge is 2.46. The van der Waals surface area contributed by atoms with Crippen molar-refractivity contribution in [1.82, 2.24) is 0 Å². The second-order valence-electron chi connectivity index (χ2n) is 7.01. The van der Waals surface area contributed by atoms with E-state index < -0.39 is 11.8 Å². The maximum atomic E-state index is 12.0. The number of hydrogen-bond donors (Lipinski definition) is 0. The van der Waals surface area contributed by atoms with Crippen molar-refractivity contribution in [3.63, 3.8) is 0 Å². The molecule has 26 heavy (non-hydrogen) atoms. The molecule has 0 spiro atoms. The van der Waals surface area contributed by atoms with Crippen LogP contribution in [0.15, 0.2) is 48.1 Å². The summed E-state index contributed by atoms with van der Waals surface area (Å²) in [5.74, 6) is -0.829. The molecule has 2 atom stereocenters. The van der Waals surface area contributed by atoms with Gasteiger partial charge in [0.25, 0.3) is 11.5 Å². The molecule has 1 heterocycles. The minimum Gasteiger partial charge on any atom is -0.466 e. The van der Waals surface area contributed by atoms with Crippen molar-refractivity contribution < 1.29 is 23.7 Å². The van der Waals surface area contributed by atoms with Gasteiger partial charge in [-0.2, -0.15) is 0 Å². The van der Waals surface area contributed by atoms with Gasteiger partial charge in [-0.15, -0.1) is 0 Å². The fourth-order valence-corrected chi connectivity index (χ4v) is 3.17. The number of carbonyl (C=O) groups is 1. The van der Waals surface area contributed by atoms with Gasteiger partial charge in [0, 0.05) is 12.5 Å². The van der Waals surface area contributed by atoms with Crippen molar-refractivity contribution in [2.45, 2.75) is 39.4 Å². The third-order valence-corrected chi connectivity index (χ3v) is 4.12. The Balaban J connectivity index is 2.28. The third-order valence-electron chi connectivity index (χ3n) is 4.12. The second kappa shape index (κ2) is 8.79. The van der Waals surface area contributed by atoms with Gasteiger partial charge in [-0.1, -0.05) is 57.2 Å². The van der Waals surface area contributed by atoms with Gasteiger partial charge in [0.1, 0.15) is 0 Å². The van der Waals surface area contributed by atoms with Crippen LogP contribution in [0, 0.1) is 11.8 Å². The lowest BCUT2D eigenvalue weighted by molar-refractivity contribution is -0.159. The molecule has 1 aliphatic rings. The number of methoxy groups -OCH3 is 2. The molecule has 0 saturated heterocycles. The number of carbonyl (C=O) groups excluding carboxylic acids is 1. The zero-order valence-corrected chi connectivity index (χ0v) is 16.2. The van der Waals surface area contributed by atoms with Crippen LogP contribution in [0.25, 0.3) is 6.08 Å². The van der Waals surface area contributed by atoms with Crippen LogP contribution in [-0.2, 0) is 23.7 Å². The first kappa shape index (κ1) is 19.9. The number of rotatable bonds is 8. The molecule has 2 rings (SSSR count). The number of ether oxygens (including phenoxy) is 4. The maximum Gasteiger partial charge on any atom is 0.381 e. The smallest absolute Gasteiger partial charge is 0.381 e. The highest BCUT2D eigenvalue weighted by molar-refractivity contribution is 5.86. The van der Waals surface area contributed by atoms with Crippen molar-refractivity contribution in [3.05, 3.63) is 53.7 Å². The van der Waals surface area contributed by atoms with Gasteiger partial charge in [-0.25, -0.2) is 4.79 Å². The fourth-order valence-electron chi connectivity index (χ4n) is 3.17. The van der Waals surface area contributed by atoms with Crippen molar-refractivity contribution in [1.29, 1.82) is 0 Å². The molecule has 1 aliphatic heterocycles. The van der Waals surface area contributed by atoms with E-state index >= 15 is 0 Å². The van der Waals surface area contributed by atoms with E-state index in [2.05, 4.69) is 20.8 Å². The predicted molar refractivity (Wildman–Crippen MR) is 99.7 cm³/mol. The van der Waals surface area contributed by atoms with E-state index in [4.69, 9.17) is 18.9 Å². The van der Waals surface area contributed by atoms with Gasteiger partial charge >= 0.3 is 11.9 Å². The quantitative estimate of drug-likeness (QED) is 0.639. The number of esters is 1. The largest absolute Gasteiger partial charge is 0.466 e. The Hall–Kier alpha value is -2.43. The van der Waals surface area contributed by atoms with E-state index in [1.54, 1.807) is 0 Å². The van der Waals surface area contributed by atoms with Crippen molar-refractivity contribution >= 4 is 12.0 Å². The van der Waals surface area contributed by atoms with Crippen molar-refractivity contribution in [2.24, 2.45) is 11.8 Å². The topological polar surface area (TPSA) is 54.0 Å². The van der Waals surface area contributed by atoms with Crippen LogP contribution >= 0.6 is 0 Å². The lowest BCUT2D eigenvalue weighted by Crippen LogP contribution is -2.32. The number of hydrogen-bond acceptors (Lipinski definition) is 5. The summed E-state index contributed by atoms with van der Waals surface area (Å²) in [4.78, 5) is 12.0. The Morgan fingerprint density at radius 1 is 1.15 bits per heavy atom. The second-order valence-corrected chi connectivity index (χ2v) is 7.01. The van der Waals surface area contributed by atoms with Crippen LogP contribution in [0.2, 0.25) is 0 Å². The lowest BCUT2D eigenvalue weighted by Gasteiger charge is -2.28. The molecule has 5 nitrogen and oxygen atoms in total. The SMILES string of the molecule is COC(=O)C1=C(OC)OC(/C=C/c2ccccc2)(CC(C)CC(C)C)O1. The molecule has 5 heteroatoms. The standard InChI is InChI=1S/C21H28O5/c1-15(2)13-16(3)14-21(12-11-17-9-7-6-8-10-17)25-18(19(22)23-4)20(24-5)26-21/h6-12,15-16H,13-14H2,1-5H3/b12-11+. The van der Waals surface area contributed by atoms with Gasteiger partial charge in [0.2, 0.25) is 0 Å². The molecule has 0 amide bonds. The monoisotopic (exact) mass is 360 g/mol. The summed E-state index contributed by atoms with van der Waals surface area (Å²) >= 11 is 0. The third kappa shape index (κ3) is 5.04. The zero-order chi connectivity index (χ0) is 19.2. The fraction of sp³-hybridized carbons (Fsp3) is 0.476. The minimum absolute atomic E-state index is 0.0375. The van der Waals surface area contributed by atoms with Gasteiger partial charge in [-0.05, 0) is 23.8 Å². The van der Waals surface area contributed by atoms with E-state index in [-0.39, 0.29) is 11.7 Å². The van der Waals surface area contributed by atoms with E-state index in [1.807, 2.05) is 42.5 Å². The first-order valence-electron chi connectivity index (χ1n) is 8.88. The van der Waals surface area contributed by atoms with Crippen molar-refractivity contribution in [3.8, 4) is 0 Å². The molecule has 0 saturated carbocycles. The molecule has 0 bridgehead atoms. The van der Waals surface area contributed by atoms with Gasteiger partial charge in [0.05, 0.1) is 14.2 Å². The minimum atomic E-state index is -1.10. The van der Waals surface area contributed by atoms with E-state index in [9.17, 15) is 4.79 Å². The molecule has 0 aliphatic carbocycles. The normalized spacial score (nSPS) is 20.8. The van der Waals surface area contributed by atoms with Crippen molar-refractivity contribution in [2.75, 3.05) is 14.2 Å². The highest BCUT2D eigenvalue weighted by Crippen LogP contribution is 2.39. The van der Waals surface area contributed by atoms with Gasteiger partial charge in [0.15, 0.2) is 0 Å². The molecule has 0 radical (unpaired) electrons. The van der Waals surface area contributed by atoms with E-state index in [0.717, 1.165) is 12.0 Å². The Morgan fingerprint density at radius 2 is 1.85 bits per heavy atom. The average Bonchev–Trinajstić information content (AvgIpc) is 2.98. The zero-order valence-electron chi connectivity index (χ0n) is 16.2. The molecular formula is C21H28O5. The summed E-state index contributed by atoms with van der Waals surface area (Å²) in [5, 5.41) is 0. The molecule has 1 aromatic carbocycles. The molecule has 0 fully saturated rings. The van der Waals surface area contributed by atoms with Crippen LogP contribution in [0.1, 0.15) is 39.2 Å². The van der Waals surface area contributed by atoms with Gasteiger partial charge < -0.3 is 18.9 Å². The van der Waals surface area contributed by atoms with E-state index in [0.29, 0.717) is 18.3 Å². The Kier molecular flexibility index (Phi) is 6.72. The van der Waals surface area contributed by atoms with Gasteiger partial charge in [-0.3, -0.25) is 0 Å². The molecule has 142 valence electrons. The maximum absolute atomic E-state index is 12.0. The average molecular weight is 360 g/mol. The van der Waals surface area contributed by atoms with Crippen LogP contribution in [-0.4, -0.2) is 26.0 Å². The summed E-state index contributed by atoms with van der Waals surface area (Å²) in [6.45, 7) is 6.50. The summed E-state index contributed by atoms with van der Waals surface area (Å²) < 4.78 is 21.9. The molecular weight excluding hydrogens is 332 g/mol. The Morgan fingerprint density at radius 3 is 2.42 bits per heavy atom. The van der Waals surface area contributed by atoms with Crippen LogP contribution in [0.5, 0.6) is 0 Å². The predicted octanol–water partition coefficient (Wildman–Crippen LogP) is 4.50. The van der Waals surface area contributed by atoms with Crippen LogP contribution < -0.4 is 0 Å². The first-order chi connectivity index (χ1) is 12.4. The van der Waals surface area contributed by atoms with Crippen LogP contribution in [0.4, 0.5) is 0 Å². The summed E-state index contributed by atoms with van der Waals surface area (Å²) in [6.07, 6.45) is 5.37. The molecule has 0 N–H and O–H groups in total. The Labute approximate surface area is 155 Å². The Bertz CT molecular complexity index is 662. The molecule has 0 aromatic heterocycles. The highest BCUT2D eigenvalue weighted by atomic mass is 16.8. The summed E-state index contributed by atoms with van der Waals surface area (Å²) in [7, 11) is 2.74. The van der Waals surface area contributed by atoms with Crippen LogP contribution in [0.3, 0.4) is 0 Å². The molecule has 2 unspecified atom stereocenters. The summed E-state index contributed by atoms with van der Waals surface area (Å²) in [5.41, 5.74) is 1.01.